The number of nitrogens with two attached hydrogens (primary N) is 1. The first-order chi connectivity index (χ1) is 8.61. The number of rotatable bonds is 4. The van der Waals surface area contributed by atoms with Crippen molar-refractivity contribution in [2.24, 2.45) is 5.73 Å². The zero-order valence-corrected chi connectivity index (χ0v) is 10.8. The van der Waals surface area contributed by atoms with Crippen LogP contribution in [0.25, 0.3) is 10.4 Å². The molecule has 94 valence electrons. The number of non-ortho nitro benzene ring substituents is 1. The Bertz CT molecular complexity index is 566. The van der Waals surface area contributed by atoms with Crippen molar-refractivity contribution in [2.45, 2.75) is 12.8 Å². The van der Waals surface area contributed by atoms with E-state index in [9.17, 15) is 10.1 Å². The Morgan fingerprint density at radius 2 is 2.17 bits per heavy atom. The maximum Gasteiger partial charge on any atom is 0.270 e. The molecular formula is C13H14N2O2S. The summed E-state index contributed by atoms with van der Waals surface area (Å²) in [7, 11) is 0. The number of nitrogens with zero attached hydrogens (tertiary/aromatic N) is 1. The highest BCUT2D eigenvalue weighted by Crippen LogP contribution is 2.33. The predicted octanol–water partition coefficient (Wildman–Crippen LogP) is 3.39. The van der Waals surface area contributed by atoms with Crippen molar-refractivity contribution in [3.05, 3.63) is 51.4 Å². The predicted molar refractivity (Wildman–Crippen MR) is 73.9 cm³/mol. The summed E-state index contributed by atoms with van der Waals surface area (Å²) in [5.74, 6) is 0.322. The van der Waals surface area contributed by atoms with Gasteiger partial charge < -0.3 is 5.73 Å². The highest BCUT2D eigenvalue weighted by atomic mass is 32.1. The van der Waals surface area contributed by atoms with Crippen LogP contribution in [0.1, 0.15) is 17.7 Å². The van der Waals surface area contributed by atoms with Crippen molar-refractivity contribution in [2.75, 3.05) is 6.54 Å². The highest BCUT2D eigenvalue weighted by molar-refractivity contribution is 7.15. The maximum absolute atomic E-state index is 10.7. The van der Waals surface area contributed by atoms with Gasteiger partial charge in [-0.1, -0.05) is 19.1 Å². The van der Waals surface area contributed by atoms with Crippen LogP contribution in [-0.2, 0) is 0 Å². The number of hydrogen-bond donors (Lipinski definition) is 1. The fraction of sp³-hybridized carbons (Fsp3) is 0.231. The fourth-order valence-corrected chi connectivity index (χ4v) is 2.73. The van der Waals surface area contributed by atoms with Crippen LogP contribution in [0.2, 0.25) is 0 Å². The number of benzene rings is 1. The molecule has 0 saturated carbocycles. The van der Waals surface area contributed by atoms with Gasteiger partial charge >= 0.3 is 0 Å². The summed E-state index contributed by atoms with van der Waals surface area (Å²) in [6.45, 7) is 2.68. The summed E-state index contributed by atoms with van der Waals surface area (Å²) in [5, 5.41) is 10.7. The van der Waals surface area contributed by atoms with E-state index < -0.39 is 0 Å². The molecule has 0 spiro atoms. The molecule has 0 aliphatic heterocycles. The van der Waals surface area contributed by atoms with Crippen LogP contribution in [0, 0.1) is 10.1 Å². The second-order valence-electron chi connectivity index (χ2n) is 4.15. The lowest BCUT2D eigenvalue weighted by Gasteiger charge is -2.03. The smallest absolute Gasteiger partial charge is 0.270 e. The van der Waals surface area contributed by atoms with Gasteiger partial charge in [0.25, 0.3) is 5.69 Å². The molecule has 1 aromatic carbocycles. The second kappa shape index (κ2) is 5.29. The van der Waals surface area contributed by atoms with Crippen LogP contribution < -0.4 is 5.73 Å². The van der Waals surface area contributed by atoms with Crippen LogP contribution >= 0.6 is 11.3 Å². The van der Waals surface area contributed by atoms with Gasteiger partial charge in [-0.05, 0) is 24.2 Å². The van der Waals surface area contributed by atoms with Gasteiger partial charge in [-0.25, -0.2) is 0 Å². The van der Waals surface area contributed by atoms with Gasteiger partial charge in [-0.2, -0.15) is 0 Å². The van der Waals surface area contributed by atoms with Crippen molar-refractivity contribution in [1.29, 1.82) is 0 Å². The fourth-order valence-electron chi connectivity index (χ4n) is 1.66. The SMILES string of the molecule is CC(CN)c1ccc(-c2cccc([N+](=O)[O-])c2)s1. The van der Waals surface area contributed by atoms with Crippen LogP contribution in [-0.4, -0.2) is 11.5 Å². The minimum absolute atomic E-state index is 0.120. The third-order valence-corrected chi connectivity index (χ3v) is 4.17. The van der Waals surface area contributed by atoms with Gasteiger partial charge in [0.15, 0.2) is 0 Å². The molecule has 1 aromatic heterocycles. The Morgan fingerprint density at radius 1 is 1.39 bits per heavy atom. The third kappa shape index (κ3) is 2.57. The Morgan fingerprint density at radius 3 is 2.83 bits per heavy atom. The zero-order valence-electron chi connectivity index (χ0n) is 10.00. The number of nitro groups is 1. The van der Waals surface area contributed by atoms with Crippen molar-refractivity contribution in [3.63, 3.8) is 0 Å². The molecule has 0 aliphatic rings. The summed E-state index contributed by atoms with van der Waals surface area (Å²) in [4.78, 5) is 12.6. The Kier molecular flexibility index (Phi) is 3.74. The monoisotopic (exact) mass is 262 g/mol. The molecule has 18 heavy (non-hydrogen) atoms. The van der Waals surface area contributed by atoms with E-state index in [4.69, 9.17) is 5.73 Å². The molecule has 0 amide bonds. The van der Waals surface area contributed by atoms with Gasteiger partial charge in [-0.3, -0.25) is 10.1 Å². The van der Waals surface area contributed by atoms with Crippen LogP contribution in [0.3, 0.4) is 0 Å². The quantitative estimate of drug-likeness (QED) is 0.678. The molecule has 0 aliphatic carbocycles. The molecule has 0 bridgehead atoms. The summed E-state index contributed by atoms with van der Waals surface area (Å²) < 4.78 is 0. The molecule has 0 radical (unpaired) electrons. The van der Waals surface area contributed by atoms with Crippen molar-refractivity contribution in [3.8, 4) is 10.4 Å². The molecule has 1 heterocycles. The first-order valence-corrected chi connectivity index (χ1v) is 6.48. The molecule has 0 fully saturated rings. The lowest BCUT2D eigenvalue weighted by Crippen LogP contribution is -2.06. The van der Waals surface area contributed by atoms with Gasteiger partial charge in [0, 0.05) is 27.8 Å². The minimum atomic E-state index is -0.374. The number of thiophene rings is 1. The topological polar surface area (TPSA) is 69.2 Å². The maximum atomic E-state index is 10.7. The molecule has 0 saturated heterocycles. The molecule has 2 aromatic rings. The van der Waals surface area contributed by atoms with Gasteiger partial charge in [-0.15, -0.1) is 11.3 Å². The lowest BCUT2D eigenvalue weighted by atomic mass is 10.1. The van der Waals surface area contributed by atoms with E-state index in [1.54, 1.807) is 23.5 Å². The summed E-state index contributed by atoms with van der Waals surface area (Å²) in [5.41, 5.74) is 6.63. The molecular weight excluding hydrogens is 248 g/mol. The summed E-state index contributed by atoms with van der Waals surface area (Å²) in [6.07, 6.45) is 0. The Balaban J connectivity index is 2.34. The van der Waals surface area contributed by atoms with Crippen LogP contribution in [0.4, 0.5) is 5.69 Å². The van der Waals surface area contributed by atoms with E-state index in [0.717, 1.165) is 10.4 Å². The minimum Gasteiger partial charge on any atom is -0.330 e. The van der Waals surface area contributed by atoms with Crippen molar-refractivity contribution >= 4 is 17.0 Å². The van der Waals surface area contributed by atoms with E-state index in [0.29, 0.717) is 12.5 Å². The van der Waals surface area contributed by atoms with Gasteiger partial charge in [0.2, 0.25) is 0 Å². The molecule has 5 heteroatoms. The van der Waals surface area contributed by atoms with E-state index in [-0.39, 0.29) is 10.6 Å². The molecule has 2 N–H and O–H groups in total. The molecule has 1 atom stereocenters. The van der Waals surface area contributed by atoms with E-state index in [1.807, 2.05) is 18.2 Å². The van der Waals surface area contributed by atoms with Gasteiger partial charge in [0.05, 0.1) is 4.92 Å². The zero-order chi connectivity index (χ0) is 13.1. The van der Waals surface area contributed by atoms with E-state index in [1.165, 1.54) is 10.9 Å². The lowest BCUT2D eigenvalue weighted by molar-refractivity contribution is -0.384. The average Bonchev–Trinajstić information content (AvgIpc) is 2.87. The van der Waals surface area contributed by atoms with Crippen molar-refractivity contribution < 1.29 is 4.92 Å². The van der Waals surface area contributed by atoms with Crippen molar-refractivity contribution in [1.82, 2.24) is 0 Å². The number of nitro benzene ring substituents is 1. The van der Waals surface area contributed by atoms with E-state index >= 15 is 0 Å². The third-order valence-electron chi connectivity index (χ3n) is 2.81. The van der Waals surface area contributed by atoms with Gasteiger partial charge in [0.1, 0.15) is 0 Å². The molecule has 4 nitrogen and oxygen atoms in total. The second-order valence-corrected chi connectivity index (χ2v) is 5.26. The molecule has 2 rings (SSSR count). The summed E-state index contributed by atoms with van der Waals surface area (Å²) >= 11 is 1.64. The average molecular weight is 262 g/mol. The van der Waals surface area contributed by atoms with Crippen LogP contribution in [0.15, 0.2) is 36.4 Å². The standard InChI is InChI=1S/C13H14N2O2S/c1-9(8-14)12-5-6-13(18-12)10-3-2-4-11(7-10)15(16)17/h2-7,9H,8,14H2,1H3. The molecule has 1 unspecified atom stereocenters. The highest BCUT2D eigenvalue weighted by Gasteiger charge is 2.11. The van der Waals surface area contributed by atoms with E-state index in [2.05, 4.69) is 6.92 Å². The first kappa shape index (κ1) is 12.7. The van der Waals surface area contributed by atoms with Crippen LogP contribution in [0.5, 0.6) is 0 Å². The number of hydrogen-bond acceptors (Lipinski definition) is 4. The largest absolute Gasteiger partial charge is 0.330 e. The first-order valence-electron chi connectivity index (χ1n) is 5.66. The Hall–Kier alpha value is -1.72. The summed E-state index contributed by atoms with van der Waals surface area (Å²) in [6, 6.07) is 10.7. The normalized spacial score (nSPS) is 12.3. The Labute approximate surface area is 109 Å².